The van der Waals surface area contributed by atoms with Gasteiger partial charge in [0.25, 0.3) is 0 Å². The van der Waals surface area contributed by atoms with Gasteiger partial charge in [0.05, 0.1) is 0 Å². The molecule has 0 aromatic carbocycles. The summed E-state index contributed by atoms with van der Waals surface area (Å²) in [6, 6.07) is 0. The van der Waals surface area contributed by atoms with Crippen molar-refractivity contribution in [3.63, 3.8) is 0 Å². The van der Waals surface area contributed by atoms with Gasteiger partial charge in [0.2, 0.25) is 0 Å². The quantitative estimate of drug-likeness (QED) is 0.0539. The Morgan fingerprint density at radius 3 is 0.587 bits per heavy atom. The van der Waals surface area contributed by atoms with Crippen LogP contribution in [0.4, 0.5) is 0 Å². The first-order chi connectivity index (χ1) is 21.7. The van der Waals surface area contributed by atoms with Gasteiger partial charge >= 0.3 is 17.9 Å². The molecule has 8 heteroatoms. The van der Waals surface area contributed by atoms with E-state index in [2.05, 4.69) is 20.8 Å². The van der Waals surface area contributed by atoms with Crippen LogP contribution >= 0.6 is 0 Å². The van der Waals surface area contributed by atoms with E-state index >= 15 is 0 Å². The topological polar surface area (TPSA) is 132 Å². The van der Waals surface area contributed by atoms with Crippen LogP contribution in [0.15, 0.2) is 0 Å². The molecule has 0 saturated heterocycles. The summed E-state index contributed by atoms with van der Waals surface area (Å²) in [5, 5.41) is 32.8. The Labute approximate surface area is 304 Å². The Balaban J connectivity index is -0.000000173. The number of aliphatic carboxylic acids is 3. The minimum absolute atomic E-state index is 0. The van der Waals surface area contributed by atoms with Crippen molar-refractivity contribution < 1.29 is 61.0 Å². The fourth-order valence-electron chi connectivity index (χ4n) is 4.76. The zero-order chi connectivity index (χ0) is 34.7. The zero-order valence-corrected chi connectivity index (χ0v) is 33.4. The predicted molar refractivity (Wildman–Crippen MR) is 191 cm³/mol. The van der Waals surface area contributed by atoms with Crippen LogP contribution in [-0.2, 0) is 40.6 Å². The molecule has 4 N–H and O–H groups in total. The van der Waals surface area contributed by atoms with E-state index < -0.39 is 17.9 Å². The van der Waals surface area contributed by atoms with Crippen LogP contribution in [0.3, 0.4) is 0 Å². The maximum absolute atomic E-state index is 10.2. The number of carboxylic acid groups (broad SMARTS) is 3. The molecule has 0 unspecified atom stereocenters. The first-order valence-electron chi connectivity index (χ1n) is 19.0. The minimum atomic E-state index is -0.659. The Morgan fingerprint density at radius 2 is 0.457 bits per heavy atom. The second-order valence-corrected chi connectivity index (χ2v) is 12.2. The van der Waals surface area contributed by atoms with E-state index in [-0.39, 0.29) is 32.8 Å². The van der Waals surface area contributed by atoms with Gasteiger partial charge in [-0.25, -0.2) is 0 Å². The van der Waals surface area contributed by atoms with Gasteiger partial charge in [-0.3, -0.25) is 14.4 Å². The third-order valence-corrected chi connectivity index (χ3v) is 7.48. The monoisotopic (exact) mass is 736 g/mol. The molecule has 0 heterocycles. The van der Waals surface area contributed by atoms with Crippen molar-refractivity contribution in [3.8, 4) is 0 Å². The average Bonchev–Trinajstić information content (AvgIpc) is 2.99. The fraction of sp³-hybridized carbons (Fsp3) is 0.921. The number of aliphatic hydroxyl groups is 1. The smallest absolute Gasteiger partial charge is 0.303 e. The number of hydrogen-bond donors (Lipinski definition) is 4. The molecule has 0 saturated carbocycles. The second-order valence-electron chi connectivity index (χ2n) is 12.2. The molecule has 0 amide bonds. The van der Waals surface area contributed by atoms with Gasteiger partial charge in [-0.1, -0.05) is 175 Å². The standard InChI is InChI=1S/3C12H24O2.C2H6O.Zr/c3*1-2-3-4-5-6-7-8-9-10-11-12(13)14;1-2-3;/h3*2-11H2,1H3,(H,13,14);3H,2H2,1H3;. The van der Waals surface area contributed by atoms with Gasteiger partial charge in [-0.2, -0.15) is 0 Å². The van der Waals surface area contributed by atoms with Crippen LogP contribution in [0, 0.1) is 0 Å². The number of carboxylic acids is 3. The SMILES string of the molecule is CCCCCCCCCCCC(=O)O.CCCCCCCCCCCC(=O)O.CCCCCCCCCCCC(=O)O.CCO.[Zr]. The van der Waals surface area contributed by atoms with Gasteiger partial charge in [0, 0.05) is 52.1 Å². The van der Waals surface area contributed by atoms with Gasteiger partial charge in [-0.05, 0) is 26.2 Å². The van der Waals surface area contributed by atoms with Gasteiger partial charge in [-0.15, -0.1) is 0 Å². The van der Waals surface area contributed by atoms with Crippen LogP contribution in [0.25, 0.3) is 0 Å². The fourth-order valence-corrected chi connectivity index (χ4v) is 4.76. The predicted octanol–water partition coefficient (Wildman–Crippen LogP) is 12.0. The molecule has 7 nitrogen and oxygen atoms in total. The molecule has 0 aliphatic heterocycles. The van der Waals surface area contributed by atoms with Crippen molar-refractivity contribution in [1.82, 2.24) is 0 Å². The third kappa shape index (κ3) is 74.2. The molecule has 46 heavy (non-hydrogen) atoms. The average molecular weight is 738 g/mol. The molecule has 0 aliphatic rings. The number of unbranched alkanes of at least 4 members (excludes halogenated alkanes) is 24. The van der Waals surface area contributed by atoms with Crippen molar-refractivity contribution in [2.75, 3.05) is 6.61 Å². The molecular formula is C38H78O7Zr. The van der Waals surface area contributed by atoms with E-state index in [4.69, 9.17) is 20.4 Å². The Morgan fingerprint density at radius 1 is 0.326 bits per heavy atom. The van der Waals surface area contributed by atoms with E-state index in [1.54, 1.807) is 6.92 Å². The molecular weight excluding hydrogens is 660 g/mol. The molecule has 0 bridgehead atoms. The Hall–Kier alpha value is -0.747. The van der Waals surface area contributed by atoms with Crippen molar-refractivity contribution in [1.29, 1.82) is 0 Å². The molecule has 0 aromatic rings. The molecule has 0 aliphatic carbocycles. The van der Waals surface area contributed by atoms with Crippen LogP contribution in [0.2, 0.25) is 0 Å². The summed E-state index contributed by atoms with van der Waals surface area (Å²) in [5.74, 6) is -1.98. The Bertz CT molecular complexity index is 497. The zero-order valence-electron chi connectivity index (χ0n) is 30.9. The molecule has 0 rings (SSSR count). The first kappa shape index (κ1) is 54.7. The summed E-state index contributed by atoms with van der Waals surface area (Å²) in [6.07, 6.45) is 34.4. The van der Waals surface area contributed by atoms with E-state index in [0.717, 1.165) is 38.5 Å². The van der Waals surface area contributed by atoms with Crippen molar-refractivity contribution in [2.24, 2.45) is 0 Å². The van der Waals surface area contributed by atoms with E-state index in [1.165, 1.54) is 135 Å². The number of aliphatic hydroxyl groups excluding tert-OH is 1. The summed E-state index contributed by atoms with van der Waals surface area (Å²) < 4.78 is 0. The number of hydrogen-bond acceptors (Lipinski definition) is 4. The first-order valence-corrected chi connectivity index (χ1v) is 19.0. The summed E-state index contributed by atoms with van der Waals surface area (Å²) in [7, 11) is 0. The van der Waals surface area contributed by atoms with Crippen LogP contribution in [0.5, 0.6) is 0 Å². The maximum atomic E-state index is 10.2. The largest absolute Gasteiger partial charge is 0.481 e. The summed E-state index contributed by atoms with van der Waals surface area (Å²) >= 11 is 0. The normalized spacial score (nSPS) is 9.85. The van der Waals surface area contributed by atoms with Gasteiger partial charge in [0.1, 0.15) is 0 Å². The van der Waals surface area contributed by atoms with Crippen molar-refractivity contribution in [3.05, 3.63) is 0 Å². The van der Waals surface area contributed by atoms with Crippen LogP contribution < -0.4 is 0 Å². The molecule has 0 spiro atoms. The van der Waals surface area contributed by atoms with E-state index in [0.29, 0.717) is 19.3 Å². The summed E-state index contributed by atoms with van der Waals surface area (Å²) in [5.41, 5.74) is 0. The molecule has 276 valence electrons. The summed E-state index contributed by atoms with van der Waals surface area (Å²) in [6.45, 7) is 8.61. The van der Waals surface area contributed by atoms with E-state index in [1.807, 2.05) is 0 Å². The van der Waals surface area contributed by atoms with Gasteiger partial charge < -0.3 is 20.4 Å². The van der Waals surface area contributed by atoms with Crippen molar-refractivity contribution in [2.45, 2.75) is 220 Å². The molecule has 0 aromatic heterocycles. The maximum Gasteiger partial charge on any atom is 0.303 e. The number of carbonyl (C=O) groups is 3. The Kier molecular flexibility index (Phi) is 63.9. The third-order valence-electron chi connectivity index (χ3n) is 7.48. The minimum Gasteiger partial charge on any atom is -0.481 e. The van der Waals surface area contributed by atoms with E-state index in [9.17, 15) is 14.4 Å². The number of rotatable bonds is 30. The summed E-state index contributed by atoms with van der Waals surface area (Å²) in [4.78, 5) is 30.6. The molecule has 0 atom stereocenters. The van der Waals surface area contributed by atoms with Crippen LogP contribution in [-0.4, -0.2) is 44.9 Å². The van der Waals surface area contributed by atoms with Crippen LogP contribution in [0.1, 0.15) is 220 Å². The molecule has 0 radical (unpaired) electrons. The van der Waals surface area contributed by atoms with Gasteiger partial charge in [0.15, 0.2) is 0 Å². The second kappa shape index (κ2) is 53.7. The van der Waals surface area contributed by atoms with Crippen molar-refractivity contribution >= 4 is 17.9 Å². The molecule has 0 fully saturated rings.